The fraction of sp³-hybridized carbons (Fsp3) is 0.231. The van der Waals surface area contributed by atoms with Gasteiger partial charge in [-0.2, -0.15) is 0 Å². The van der Waals surface area contributed by atoms with Gasteiger partial charge in [0.2, 0.25) is 0 Å². The Kier molecular flexibility index (Phi) is 2.48. The third-order valence-electron chi connectivity index (χ3n) is 2.84. The third-order valence-corrected chi connectivity index (χ3v) is 3.30. The van der Waals surface area contributed by atoms with Crippen molar-refractivity contribution in [1.82, 2.24) is 4.57 Å². The number of benzene rings is 1. The van der Waals surface area contributed by atoms with Crippen LogP contribution in [0.15, 0.2) is 41.1 Å². The van der Waals surface area contributed by atoms with Gasteiger partial charge in [-0.3, -0.25) is 0 Å². The van der Waals surface area contributed by atoms with Crippen molar-refractivity contribution in [3.8, 4) is 5.75 Å². The number of fused-ring (bicyclic) bond motifs is 1. The summed E-state index contributed by atoms with van der Waals surface area (Å²) in [7, 11) is 0. The van der Waals surface area contributed by atoms with Crippen LogP contribution in [-0.4, -0.2) is 11.2 Å². The first kappa shape index (κ1) is 9.97. The molecule has 3 rings (SSSR count). The second-order valence-corrected chi connectivity index (χ2v) is 4.92. The van der Waals surface area contributed by atoms with Crippen molar-refractivity contribution in [3.63, 3.8) is 0 Å². The highest BCUT2D eigenvalue weighted by Crippen LogP contribution is 2.33. The maximum Gasteiger partial charge on any atom is 0.127 e. The summed E-state index contributed by atoms with van der Waals surface area (Å²) in [5, 5.41) is 0. The van der Waals surface area contributed by atoms with E-state index in [1.807, 2.05) is 12.1 Å². The van der Waals surface area contributed by atoms with Crippen molar-refractivity contribution in [2.45, 2.75) is 13.0 Å². The van der Waals surface area contributed by atoms with Crippen LogP contribution in [0.2, 0.25) is 0 Å². The summed E-state index contributed by atoms with van der Waals surface area (Å²) in [6, 6.07) is 8.38. The van der Waals surface area contributed by atoms with E-state index in [0.29, 0.717) is 0 Å². The summed E-state index contributed by atoms with van der Waals surface area (Å²) >= 11 is 3.56. The maximum atomic E-state index is 5.70. The monoisotopic (exact) mass is 277 g/mol. The minimum Gasteiger partial charge on any atom is -0.493 e. The van der Waals surface area contributed by atoms with Crippen LogP contribution >= 0.6 is 15.9 Å². The molecule has 2 heterocycles. The van der Waals surface area contributed by atoms with Crippen LogP contribution in [-0.2, 0) is 13.0 Å². The van der Waals surface area contributed by atoms with Crippen LogP contribution in [0.25, 0.3) is 0 Å². The Morgan fingerprint density at radius 2 is 2.06 bits per heavy atom. The lowest BCUT2D eigenvalue weighted by Gasteiger charge is -2.09. The molecule has 1 aliphatic heterocycles. The summed E-state index contributed by atoms with van der Waals surface area (Å²) in [4.78, 5) is 0. The van der Waals surface area contributed by atoms with Gasteiger partial charge in [-0.25, -0.2) is 0 Å². The number of nitrogens with zero attached hydrogens (tertiary/aromatic N) is 1. The Balaban J connectivity index is 2.00. The van der Waals surface area contributed by atoms with Gasteiger partial charge in [-0.1, -0.05) is 15.9 Å². The van der Waals surface area contributed by atoms with Crippen LogP contribution in [0.5, 0.6) is 5.75 Å². The molecule has 0 saturated heterocycles. The summed E-state index contributed by atoms with van der Waals surface area (Å²) in [6.45, 7) is 1.68. The second-order valence-electron chi connectivity index (χ2n) is 4.01. The molecule has 16 heavy (non-hydrogen) atoms. The fourth-order valence-electron chi connectivity index (χ4n) is 2.14. The molecular weight excluding hydrogens is 266 g/mol. The number of halogens is 1. The fourth-order valence-corrected chi connectivity index (χ4v) is 2.69. The molecule has 2 aromatic rings. The Morgan fingerprint density at radius 3 is 2.88 bits per heavy atom. The Morgan fingerprint density at radius 1 is 1.25 bits per heavy atom. The summed E-state index contributed by atoms with van der Waals surface area (Å²) in [5.41, 5.74) is 2.56. The van der Waals surface area contributed by atoms with E-state index < -0.39 is 0 Å². The maximum absolute atomic E-state index is 5.70. The lowest BCUT2D eigenvalue weighted by molar-refractivity contribution is 0.352. The van der Waals surface area contributed by atoms with E-state index in [1.165, 1.54) is 11.1 Å². The molecule has 1 aliphatic rings. The first-order valence-corrected chi connectivity index (χ1v) is 6.17. The predicted molar refractivity (Wildman–Crippen MR) is 66.9 cm³/mol. The van der Waals surface area contributed by atoms with E-state index in [1.54, 1.807) is 0 Å². The van der Waals surface area contributed by atoms with Crippen molar-refractivity contribution >= 4 is 15.9 Å². The van der Waals surface area contributed by atoms with Gasteiger partial charge in [-0.15, -0.1) is 0 Å². The van der Waals surface area contributed by atoms with Crippen molar-refractivity contribution in [1.29, 1.82) is 0 Å². The Hall–Kier alpha value is -1.22. The smallest absolute Gasteiger partial charge is 0.127 e. The molecule has 2 nitrogen and oxygen atoms in total. The molecule has 0 saturated carbocycles. The lowest BCUT2D eigenvalue weighted by atomic mass is 10.1. The van der Waals surface area contributed by atoms with E-state index in [0.717, 1.165) is 29.8 Å². The Bertz CT molecular complexity index is 505. The molecule has 0 amide bonds. The van der Waals surface area contributed by atoms with Crippen LogP contribution in [0.4, 0.5) is 0 Å². The molecule has 1 aromatic heterocycles. The number of ether oxygens (including phenoxy) is 1. The molecule has 3 heteroatoms. The van der Waals surface area contributed by atoms with Crippen LogP contribution in [0.1, 0.15) is 11.1 Å². The summed E-state index contributed by atoms with van der Waals surface area (Å²) in [5.74, 6) is 1.08. The third kappa shape index (κ3) is 1.76. The highest BCUT2D eigenvalue weighted by atomic mass is 79.9. The zero-order valence-electron chi connectivity index (χ0n) is 8.82. The molecule has 0 radical (unpaired) electrons. The molecule has 0 bridgehead atoms. The number of aromatic nitrogens is 1. The van der Waals surface area contributed by atoms with Gasteiger partial charge in [0.1, 0.15) is 5.75 Å². The van der Waals surface area contributed by atoms with E-state index in [4.69, 9.17) is 4.74 Å². The molecule has 0 spiro atoms. The SMILES string of the molecule is Brc1cc2c(c(Cn3cccc3)c1)OCC2. The topological polar surface area (TPSA) is 14.2 Å². The largest absolute Gasteiger partial charge is 0.493 e. The van der Waals surface area contributed by atoms with Crippen molar-refractivity contribution in [2.75, 3.05) is 6.61 Å². The van der Waals surface area contributed by atoms with Gasteiger partial charge >= 0.3 is 0 Å². The Labute approximate surface area is 103 Å². The van der Waals surface area contributed by atoms with Gasteiger partial charge < -0.3 is 9.30 Å². The standard InChI is InChI=1S/C13H12BrNO/c14-12-7-10-3-6-16-13(10)11(8-12)9-15-4-1-2-5-15/h1-2,4-5,7-8H,3,6,9H2. The van der Waals surface area contributed by atoms with Gasteiger partial charge in [0.25, 0.3) is 0 Å². The van der Waals surface area contributed by atoms with E-state index in [-0.39, 0.29) is 0 Å². The van der Waals surface area contributed by atoms with Crippen molar-refractivity contribution < 1.29 is 4.74 Å². The minimum absolute atomic E-state index is 0.810. The molecule has 0 N–H and O–H groups in total. The highest BCUT2D eigenvalue weighted by Gasteiger charge is 2.17. The summed E-state index contributed by atoms with van der Waals surface area (Å²) < 4.78 is 8.99. The number of hydrogen-bond donors (Lipinski definition) is 0. The lowest BCUT2D eigenvalue weighted by Crippen LogP contribution is -1.99. The molecule has 82 valence electrons. The zero-order chi connectivity index (χ0) is 11.0. The summed E-state index contributed by atoms with van der Waals surface area (Å²) in [6.07, 6.45) is 5.16. The zero-order valence-corrected chi connectivity index (χ0v) is 10.4. The normalized spacial score (nSPS) is 13.6. The molecule has 1 aromatic carbocycles. The van der Waals surface area contributed by atoms with Crippen LogP contribution in [0, 0.1) is 0 Å². The molecule has 0 unspecified atom stereocenters. The van der Waals surface area contributed by atoms with Crippen molar-refractivity contribution in [3.05, 3.63) is 52.3 Å². The quantitative estimate of drug-likeness (QED) is 0.822. The van der Waals surface area contributed by atoms with E-state index >= 15 is 0 Å². The van der Waals surface area contributed by atoms with Gasteiger partial charge in [-0.05, 0) is 29.8 Å². The number of rotatable bonds is 2. The molecule has 0 fully saturated rings. The van der Waals surface area contributed by atoms with Gasteiger partial charge in [0.15, 0.2) is 0 Å². The highest BCUT2D eigenvalue weighted by molar-refractivity contribution is 9.10. The predicted octanol–water partition coefficient (Wildman–Crippen LogP) is 3.23. The first-order valence-electron chi connectivity index (χ1n) is 5.38. The first-order chi connectivity index (χ1) is 7.83. The van der Waals surface area contributed by atoms with Gasteiger partial charge in [0.05, 0.1) is 13.2 Å². The average Bonchev–Trinajstić information content (AvgIpc) is 2.87. The number of hydrogen-bond acceptors (Lipinski definition) is 1. The van der Waals surface area contributed by atoms with E-state index in [9.17, 15) is 0 Å². The van der Waals surface area contributed by atoms with E-state index in [2.05, 4.69) is 45.0 Å². The van der Waals surface area contributed by atoms with Crippen LogP contribution in [0.3, 0.4) is 0 Å². The molecule has 0 atom stereocenters. The second kappa shape index (κ2) is 3.98. The van der Waals surface area contributed by atoms with Crippen LogP contribution < -0.4 is 4.74 Å². The average molecular weight is 278 g/mol. The molecule has 0 aliphatic carbocycles. The van der Waals surface area contributed by atoms with Gasteiger partial charge in [0, 0.05) is 28.9 Å². The minimum atomic E-state index is 0.810. The molecular formula is C13H12BrNO. The van der Waals surface area contributed by atoms with Crippen molar-refractivity contribution in [2.24, 2.45) is 0 Å².